The normalized spacial score (nSPS) is 10.4. The summed E-state index contributed by atoms with van der Waals surface area (Å²) in [7, 11) is 1.43. The summed E-state index contributed by atoms with van der Waals surface area (Å²) in [6.45, 7) is 0. The number of hydrogen-bond acceptors (Lipinski definition) is 5. The highest BCUT2D eigenvalue weighted by Gasteiger charge is 2.18. The minimum Gasteiger partial charge on any atom is -0.505 e. The van der Waals surface area contributed by atoms with Gasteiger partial charge in [0.1, 0.15) is 17.3 Å². The quantitative estimate of drug-likeness (QED) is 0.749. The first kappa shape index (κ1) is 17.2. The van der Waals surface area contributed by atoms with Gasteiger partial charge < -0.3 is 15.2 Å². The first-order valence-corrected chi connectivity index (χ1v) is 7.53. The van der Waals surface area contributed by atoms with Crippen molar-refractivity contribution < 1.29 is 19.0 Å². The van der Waals surface area contributed by atoms with Gasteiger partial charge in [0, 0.05) is 11.8 Å². The highest BCUT2D eigenvalue weighted by atomic mass is 19.1. The van der Waals surface area contributed by atoms with Crippen LogP contribution >= 0.6 is 0 Å². The number of hydrogen-bond donors (Lipinski definition) is 2. The van der Waals surface area contributed by atoms with E-state index in [0.717, 1.165) is 16.8 Å². The van der Waals surface area contributed by atoms with E-state index in [1.807, 2.05) is 0 Å². The maximum absolute atomic E-state index is 13.2. The van der Waals surface area contributed by atoms with Crippen LogP contribution in [0.25, 0.3) is 5.69 Å². The number of methoxy groups -OCH3 is 1. The van der Waals surface area contributed by atoms with Crippen LogP contribution in [0.4, 0.5) is 10.1 Å². The number of amides is 1. The van der Waals surface area contributed by atoms with Gasteiger partial charge in [-0.3, -0.25) is 9.59 Å². The number of para-hydroxylation sites is 2. The molecule has 1 amide bonds. The molecule has 2 N–H and O–H groups in total. The van der Waals surface area contributed by atoms with Gasteiger partial charge in [-0.25, -0.2) is 4.39 Å². The van der Waals surface area contributed by atoms with Gasteiger partial charge in [0.2, 0.25) is 0 Å². The average molecular weight is 355 g/mol. The Morgan fingerprint density at radius 1 is 1.19 bits per heavy atom. The molecule has 0 spiro atoms. The van der Waals surface area contributed by atoms with Crippen molar-refractivity contribution in [3.63, 3.8) is 0 Å². The number of aromatic hydroxyl groups is 1. The van der Waals surface area contributed by atoms with Crippen LogP contribution in [0, 0.1) is 5.82 Å². The molecule has 0 saturated carbocycles. The number of carbonyl (C=O) groups is 1. The van der Waals surface area contributed by atoms with Gasteiger partial charge in [-0.1, -0.05) is 18.2 Å². The van der Waals surface area contributed by atoms with Gasteiger partial charge >= 0.3 is 0 Å². The molecule has 0 fully saturated rings. The van der Waals surface area contributed by atoms with Gasteiger partial charge in [-0.05, 0) is 30.3 Å². The number of nitrogens with one attached hydrogen (secondary N) is 1. The van der Waals surface area contributed by atoms with Crippen LogP contribution in [0.1, 0.15) is 10.5 Å². The smallest absolute Gasteiger partial charge is 0.279 e. The first-order valence-electron chi connectivity index (χ1n) is 7.53. The zero-order valence-electron chi connectivity index (χ0n) is 13.6. The topological polar surface area (TPSA) is 93.5 Å². The molecule has 0 unspecified atom stereocenters. The molecule has 7 nitrogen and oxygen atoms in total. The van der Waals surface area contributed by atoms with Crippen molar-refractivity contribution in [3.8, 4) is 17.2 Å². The lowest BCUT2D eigenvalue weighted by Gasteiger charge is -2.12. The summed E-state index contributed by atoms with van der Waals surface area (Å²) in [5.41, 5.74) is -0.542. The zero-order chi connectivity index (χ0) is 18.7. The minimum absolute atomic E-state index is 0.186. The Labute approximate surface area is 147 Å². The van der Waals surface area contributed by atoms with Crippen molar-refractivity contribution in [2.75, 3.05) is 12.4 Å². The van der Waals surface area contributed by atoms with Crippen molar-refractivity contribution >= 4 is 11.6 Å². The van der Waals surface area contributed by atoms with E-state index in [4.69, 9.17) is 4.74 Å². The lowest BCUT2D eigenvalue weighted by atomic mass is 10.2. The summed E-state index contributed by atoms with van der Waals surface area (Å²) in [6.07, 6.45) is 0. The fourth-order valence-corrected chi connectivity index (χ4v) is 2.34. The number of carbonyl (C=O) groups excluding carboxylic acids is 1. The molecule has 2 aromatic carbocycles. The molecule has 0 aliphatic rings. The molecule has 0 atom stereocenters. The third-order valence-corrected chi connectivity index (χ3v) is 3.52. The molecule has 1 heterocycles. The molecule has 26 heavy (non-hydrogen) atoms. The standard InChI is InChI=1S/C18H14FN3O4/c1-26-15-8-3-2-7-13(15)22-16(24)10-14(23)17(21-22)18(25)20-12-6-4-5-11(19)9-12/h2-10,23H,1H3,(H,20,25). The minimum atomic E-state index is -0.795. The Hall–Kier alpha value is -3.68. The Morgan fingerprint density at radius 2 is 1.96 bits per heavy atom. The van der Waals surface area contributed by atoms with Gasteiger partial charge in [-0.2, -0.15) is 9.78 Å². The summed E-state index contributed by atoms with van der Waals surface area (Å²) in [5.74, 6) is -1.55. The maximum Gasteiger partial charge on any atom is 0.279 e. The van der Waals surface area contributed by atoms with Crippen LogP contribution in [0.3, 0.4) is 0 Å². The lowest BCUT2D eigenvalue weighted by molar-refractivity contribution is 0.101. The molecule has 0 aliphatic heterocycles. The molecule has 0 bridgehead atoms. The van der Waals surface area contributed by atoms with Gasteiger partial charge in [0.05, 0.1) is 7.11 Å². The second-order valence-corrected chi connectivity index (χ2v) is 5.26. The number of halogens is 1. The monoisotopic (exact) mass is 355 g/mol. The van der Waals surface area contributed by atoms with Crippen molar-refractivity contribution in [3.05, 3.63) is 76.5 Å². The van der Waals surface area contributed by atoms with Crippen molar-refractivity contribution in [2.45, 2.75) is 0 Å². The number of ether oxygens (including phenoxy) is 1. The third kappa shape index (κ3) is 3.39. The second-order valence-electron chi connectivity index (χ2n) is 5.26. The summed E-state index contributed by atoms with van der Waals surface area (Å²) < 4.78 is 19.4. The summed E-state index contributed by atoms with van der Waals surface area (Å²) in [4.78, 5) is 24.6. The van der Waals surface area contributed by atoms with Crippen LogP contribution in [0.15, 0.2) is 59.4 Å². The van der Waals surface area contributed by atoms with E-state index in [1.165, 1.54) is 25.3 Å². The molecular formula is C18H14FN3O4. The summed E-state index contributed by atoms with van der Waals surface area (Å²) >= 11 is 0. The van der Waals surface area contributed by atoms with E-state index in [0.29, 0.717) is 11.4 Å². The van der Waals surface area contributed by atoms with Crippen LogP contribution in [0.2, 0.25) is 0 Å². The van der Waals surface area contributed by atoms with E-state index in [9.17, 15) is 19.1 Å². The highest BCUT2D eigenvalue weighted by Crippen LogP contribution is 2.21. The molecule has 3 aromatic rings. The Kier molecular flexibility index (Phi) is 4.66. The SMILES string of the molecule is COc1ccccc1-n1nc(C(=O)Nc2cccc(F)c2)c(O)cc1=O. The van der Waals surface area contributed by atoms with Gasteiger partial charge in [0.15, 0.2) is 11.4 Å². The van der Waals surface area contributed by atoms with Crippen molar-refractivity contribution in [2.24, 2.45) is 0 Å². The number of rotatable bonds is 4. The van der Waals surface area contributed by atoms with Crippen molar-refractivity contribution in [1.29, 1.82) is 0 Å². The lowest BCUT2D eigenvalue weighted by Crippen LogP contribution is -2.25. The van der Waals surface area contributed by atoms with Crippen LogP contribution in [-0.4, -0.2) is 27.9 Å². The third-order valence-electron chi connectivity index (χ3n) is 3.52. The van der Waals surface area contributed by atoms with E-state index < -0.39 is 23.0 Å². The first-order chi connectivity index (χ1) is 12.5. The molecule has 0 radical (unpaired) electrons. The fraction of sp³-hybridized carbons (Fsp3) is 0.0556. The van der Waals surface area contributed by atoms with Gasteiger partial charge in [-0.15, -0.1) is 0 Å². The van der Waals surface area contributed by atoms with Crippen LogP contribution < -0.4 is 15.6 Å². The predicted molar refractivity (Wildman–Crippen MR) is 92.4 cm³/mol. The van der Waals surface area contributed by atoms with Crippen LogP contribution in [0.5, 0.6) is 11.5 Å². The summed E-state index contributed by atoms with van der Waals surface area (Å²) in [5, 5.41) is 16.3. The molecule has 1 aromatic heterocycles. The van der Waals surface area contributed by atoms with Crippen LogP contribution in [-0.2, 0) is 0 Å². The number of benzene rings is 2. The molecule has 0 saturated heterocycles. The largest absolute Gasteiger partial charge is 0.505 e. The van der Waals surface area contributed by atoms with E-state index >= 15 is 0 Å². The Balaban J connectivity index is 2.03. The number of nitrogens with zero attached hydrogens (tertiary/aromatic N) is 2. The molecule has 3 rings (SSSR count). The highest BCUT2D eigenvalue weighted by molar-refractivity contribution is 6.04. The maximum atomic E-state index is 13.2. The summed E-state index contributed by atoms with van der Waals surface area (Å²) in [6, 6.07) is 12.7. The van der Waals surface area contributed by atoms with Gasteiger partial charge in [0.25, 0.3) is 11.5 Å². The second kappa shape index (κ2) is 7.06. The molecule has 132 valence electrons. The average Bonchev–Trinajstić information content (AvgIpc) is 2.61. The van der Waals surface area contributed by atoms with E-state index in [-0.39, 0.29) is 11.4 Å². The molecular weight excluding hydrogens is 341 g/mol. The van der Waals surface area contributed by atoms with E-state index in [2.05, 4.69) is 10.4 Å². The number of aromatic nitrogens is 2. The Morgan fingerprint density at radius 3 is 2.69 bits per heavy atom. The van der Waals surface area contributed by atoms with Crippen molar-refractivity contribution in [1.82, 2.24) is 9.78 Å². The predicted octanol–water partition coefficient (Wildman–Crippen LogP) is 2.34. The fourth-order valence-electron chi connectivity index (χ4n) is 2.34. The van der Waals surface area contributed by atoms with E-state index in [1.54, 1.807) is 24.3 Å². The number of anilines is 1. The molecule has 0 aliphatic carbocycles. The molecule has 8 heteroatoms. The Bertz CT molecular complexity index is 1030. The zero-order valence-corrected chi connectivity index (χ0v) is 13.6.